The van der Waals surface area contributed by atoms with Crippen LogP contribution >= 0.6 is 11.3 Å². The van der Waals surface area contributed by atoms with Gasteiger partial charge in [-0.1, -0.05) is 6.07 Å². The van der Waals surface area contributed by atoms with Crippen molar-refractivity contribution in [2.24, 2.45) is 0 Å². The van der Waals surface area contributed by atoms with Crippen molar-refractivity contribution in [3.05, 3.63) is 22.4 Å². The molecule has 1 unspecified atom stereocenters. The van der Waals surface area contributed by atoms with Gasteiger partial charge in [-0.25, -0.2) is 4.79 Å². The highest BCUT2D eigenvalue weighted by Gasteiger charge is 2.22. The minimum atomic E-state index is -1.03. The Morgan fingerprint density at radius 1 is 1.53 bits per heavy atom. The molecule has 17 heavy (non-hydrogen) atoms. The number of hydrogen-bond donors (Lipinski definition) is 3. The molecule has 94 valence electrons. The highest BCUT2D eigenvalue weighted by molar-refractivity contribution is 7.10. The molecular formula is C11H16N2O3S. The average Bonchev–Trinajstić information content (AvgIpc) is 2.79. The number of carbonyl (C=O) groups excluding carboxylic acids is 1. The summed E-state index contributed by atoms with van der Waals surface area (Å²) in [5, 5.41) is 16.3. The third-order valence-electron chi connectivity index (χ3n) is 2.21. The normalized spacial score (nSPS) is 12.1. The van der Waals surface area contributed by atoms with Gasteiger partial charge in [-0.15, -0.1) is 11.3 Å². The molecule has 0 aromatic carbocycles. The van der Waals surface area contributed by atoms with Crippen LogP contribution in [0.25, 0.3) is 0 Å². The second-order valence-electron chi connectivity index (χ2n) is 3.56. The number of amides is 1. The number of carbonyl (C=O) groups is 2. The van der Waals surface area contributed by atoms with Crippen LogP contribution < -0.4 is 10.6 Å². The van der Waals surface area contributed by atoms with Crippen LogP contribution in [0.5, 0.6) is 0 Å². The molecule has 0 aliphatic heterocycles. The zero-order valence-corrected chi connectivity index (χ0v) is 10.4. The van der Waals surface area contributed by atoms with Crippen LogP contribution in [-0.4, -0.2) is 30.6 Å². The quantitative estimate of drug-likeness (QED) is 0.636. The maximum Gasteiger partial charge on any atom is 0.331 e. The lowest BCUT2D eigenvalue weighted by molar-refractivity contribution is -0.141. The van der Waals surface area contributed by atoms with E-state index in [2.05, 4.69) is 10.6 Å². The SMILES string of the molecule is CNCCCC(=O)NC(C(=O)O)c1cccs1. The van der Waals surface area contributed by atoms with E-state index < -0.39 is 12.0 Å². The maximum absolute atomic E-state index is 11.5. The summed E-state index contributed by atoms with van der Waals surface area (Å²) in [5.74, 6) is -1.27. The molecule has 1 heterocycles. The van der Waals surface area contributed by atoms with Crippen molar-refractivity contribution in [3.8, 4) is 0 Å². The first-order valence-electron chi connectivity index (χ1n) is 5.35. The minimum absolute atomic E-state index is 0.235. The standard InChI is InChI=1S/C11H16N2O3S/c1-12-6-2-5-9(14)13-10(11(15)16)8-4-3-7-17-8/h3-4,7,10,12H,2,5-6H2,1H3,(H,13,14)(H,15,16). The van der Waals surface area contributed by atoms with Crippen LogP contribution in [0.15, 0.2) is 17.5 Å². The van der Waals surface area contributed by atoms with Crippen molar-refractivity contribution in [2.75, 3.05) is 13.6 Å². The maximum atomic E-state index is 11.5. The summed E-state index contributed by atoms with van der Waals surface area (Å²) in [6.45, 7) is 0.740. The van der Waals surface area contributed by atoms with Crippen molar-refractivity contribution in [2.45, 2.75) is 18.9 Å². The van der Waals surface area contributed by atoms with Gasteiger partial charge in [-0.2, -0.15) is 0 Å². The Balaban J connectivity index is 2.51. The Morgan fingerprint density at radius 3 is 2.82 bits per heavy atom. The van der Waals surface area contributed by atoms with E-state index in [1.807, 2.05) is 7.05 Å². The summed E-state index contributed by atoms with van der Waals surface area (Å²) in [6, 6.07) is 2.54. The van der Waals surface area contributed by atoms with E-state index in [9.17, 15) is 9.59 Å². The van der Waals surface area contributed by atoms with E-state index in [1.54, 1.807) is 17.5 Å². The van der Waals surface area contributed by atoms with Gasteiger partial charge >= 0.3 is 5.97 Å². The third kappa shape index (κ3) is 4.54. The van der Waals surface area contributed by atoms with Crippen LogP contribution in [0, 0.1) is 0 Å². The lowest BCUT2D eigenvalue weighted by atomic mass is 10.2. The summed E-state index contributed by atoms with van der Waals surface area (Å²) in [6.07, 6.45) is 1.02. The molecule has 1 aromatic heterocycles. The number of rotatable bonds is 7. The summed E-state index contributed by atoms with van der Waals surface area (Å²) in [5.41, 5.74) is 0. The predicted octanol–water partition coefficient (Wildman–Crippen LogP) is 0.990. The number of carboxylic acid groups (broad SMARTS) is 1. The molecule has 6 heteroatoms. The summed E-state index contributed by atoms with van der Waals surface area (Å²) >= 11 is 1.32. The third-order valence-corrected chi connectivity index (χ3v) is 3.15. The van der Waals surface area contributed by atoms with E-state index in [4.69, 9.17) is 5.11 Å². The number of thiophene rings is 1. The Bertz CT molecular complexity index is 365. The van der Waals surface area contributed by atoms with Gasteiger partial charge in [0.25, 0.3) is 0 Å². The second kappa shape index (κ2) is 7.03. The van der Waals surface area contributed by atoms with Gasteiger partial charge in [0.15, 0.2) is 6.04 Å². The fraction of sp³-hybridized carbons (Fsp3) is 0.455. The number of aliphatic carboxylic acids is 1. The smallest absolute Gasteiger partial charge is 0.331 e. The minimum Gasteiger partial charge on any atom is -0.479 e. The van der Waals surface area contributed by atoms with Crippen molar-refractivity contribution < 1.29 is 14.7 Å². The lowest BCUT2D eigenvalue weighted by Gasteiger charge is -2.12. The molecule has 0 spiro atoms. The molecule has 0 saturated heterocycles. The van der Waals surface area contributed by atoms with Gasteiger partial charge < -0.3 is 15.7 Å². The zero-order valence-electron chi connectivity index (χ0n) is 9.60. The number of hydrogen-bond acceptors (Lipinski definition) is 4. The van der Waals surface area contributed by atoms with E-state index >= 15 is 0 Å². The number of nitrogens with one attached hydrogen (secondary N) is 2. The van der Waals surface area contributed by atoms with Gasteiger partial charge in [0.05, 0.1) is 0 Å². The van der Waals surface area contributed by atoms with E-state index in [0.717, 1.165) is 6.54 Å². The molecule has 1 aromatic rings. The Kier molecular flexibility index (Phi) is 5.65. The fourth-order valence-corrected chi connectivity index (χ4v) is 2.14. The van der Waals surface area contributed by atoms with Gasteiger partial charge in [0.1, 0.15) is 0 Å². The van der Waals surface area contributed by atoms with Crippen LogP contribution in [0.1, 0.15) is 23.8 Å². The second-order valence-corrected chi connectivity index (χ2v) is 4.54. The Labute approximate surface area is 104 Å². The van der Waals surface area contributed by atoms with Crippen LogP contribution in [0.4, 0.5) is 0 Å². The van der Waals surface area contributed by atoms with Gasteiger partial charge in [-0.05, 0) is 31.5 Å². The first-order chi connectivity index (χ1) is 8.15. The Hall–Kier alpha value is -1.40. The van der Waals surface area contributed by atoms with Crippen molar-refractivity contribution in [1.82, 2.24) is 10.6 Å². The van der Waals surface area contributed by atoms with Crippen molar-refractivity contribution >= 4 is 23.2 Å². The van der Waals surface area contributed by atoms with Crippen LogP contribution in [-0.2, 0) is 9.59 Å². The molecule has 5 nitrogen and oxygen atoms in total. The van der Waals surface area contributed by atoms with Gasteiger partial charge in [0, 0.05) is 11.3 Å². The molecule has 0 radical (unpaired) electrons. The van der Waals surface area contributed by atoms with Crippen molar-refractivity contribution in [1.29, 1.82) is 0 Å². The molecule has 3 N–H and O–H groups in total. The van der Waals surface area contributed by atoms with E-state index in [0.29, 0.717) is 17.7 Å². The number of carboxylic acids is 1. The van der Waals surface area contributed by atoms with E-state index in [-0.39, 0.29) is 5.91 Å². The molecule has 0 aliphatic carbocycles. The van der Waals surface area contributed by atoms with Crippen LogP contribution in [0.2, 0.25) is 0 Å². The molecular weight excluding hydrogens is 240 g/mol. The molecule has 0 saturated carbocycles. The van der Waals surface area contributed by atoms with E-state index in [1.165, 1.54) is 11.3 Å². The first kappa shape index (κ1) is 13.7. The molecule has 1 atom stereocenters. The summed E-state index contributed by atoms with van der Waals surface area (Å²) < 4.78 is 0. The topological polar surface area (TPSA) is 78.4 Å². The molecule has 0 fully saturated rings. The highest BCUT2D eigenvalue weighted by atomic mass is 32.1. The predicted molar refractivity (Wildman–Crippen MR) is 66.0 cm³/mol. The lowest BCUT2D eigenvalue weighted by Crippen LogP contribution is -2.33. The molecule has 1 amide bonds. The monoisotopic (exact) mass is 256 g/mol. The zero-order chi connectivity index (χ0) is 12.7. The van der Waals surface area contributed by atoms with Gasteiger partial charge in [-0.3, -0.25) is 4.79 Å². The molecule has 0 aliphatic rings. The average molecular weight is 256 g/mol. The summed E-state index contributed by atoms with van der Waals surface area (Å²) in [4.78, 5) is 23.2. The largest absolute Gasteiger partial charge is 0.479 e. The highest BCUT2D eigenvalue weighted by Crippen LogP contribution is 2.19. The molecule has 0 bridgehead atoms. The van der Waals surface area contributed by atoms with Crippen LogP contribution in [0.3, 0.4) is 0 Å². The first-order valence-corrected chi connectivity index (χ1v) is 6.23. The molecule has 1 rings (SSSR count). The summed E-state index contributed by atoms with van der Waals surface area (Å²) in [7, 11) is 1.81. The van der Waals surface area contributed by atoms with Crippen molar-refractivity contribution in [3.63, 3.8) is 0 Å². The van der Waals surface area contributed by atoms with Gasteiger partial charge in [0.2, 0.25) is 5.91 Å². The Morgan fingerprint density at radius 2 is 2.29 bits per heavy atom. The fourth-order valence-electron chi connectivity index (χ4n) is 1.37.